The molecule has 0 atom stereocenters. The first-order valence-corrected chi connectivity index (χ1v) is 9.64. The summed E-state index contributed by atoms with van der Waals surface area (Å²) in [5.41, 5.74) is 1.00. The number of methoxy groups -OCH3 is 1. The van der Waals surface area contributed by atoms with Gasteiger partial charge < -0.3 is 9.47 Å². The van der Waals surface area contributed by atoms with Crippen molar-refractivity contribution in [3.8, 4) is 11.5 Å². The van der Waals surface area contributed by atoms with Gasteiger partial charge in [0.15, 0.2) is 11.5 Å². The van der Waals surface area contributed by atoms with Crippen LogP contribution in [0.25, 0.3) is 6.08 Å². The van der Waals surface area contributed by atoms with Crippen LogP contribution in [0.4, 0.5) is 9.18 Å². The van der Waals surface area contributed by atoms with Crippen molar-refractivity contribution in [2.45, 2.75) is 19.9 Å². The molecule has 2 aromatic rings. The molecule has 28 heavy (non-hydrogen) atoms. The summed E-state index contributed by atoms with van der Waals surface area (Å²) in [6.45, 7) is 2.49. The zero-order chi connectivity index (χ0) is 20.1. The maximum atomic E-state index is 13.9. The number of imide groups is 1. The minimum Gasteiger partial charge on any atom is -0.493 e. The fourth-order valence-corrected chi connectivity index (χ4v) is 3.53. The number of ether oxygens (including phenoxy) is 2. The van der Waals surface area contributed by atoms with Crippen molar-refractivity contribution in [1.82, 2.24) is 4.90 Å². The molecule has 0 radical (unpaired) electrons. The van der Waals surface area contributed by atoms with Crippen molar-refractivity contribution in [2.24, 2.45) is 0 Å². The van der Waals surface area contributed by atoms with E-state index in [2.05, 4.69) is 0 Å². The predicted molar refractivity (Wildman–Crippen MR) is 107 cm³/mol. The molecule has 1 saturated heterocycles. The molecule has 146 valence electrons. The molecule has 0 aromatic heterocycles. The van der Waals surface area contributed by atoms with Gasteiger partial charge in [0, 0.05) is 5.56 Å². The number of rotatable bonds is 7. The summed E-state index contributed by atoms with van der Waals surface area (Å²) in [5.74, 6) is 0.281. The number of carbonyl (C=O) groups excluding carboxylic acids is 2. The molecule has 1 heterocycles. The second-order valence-corrected chi connectivity index (χ2v) is 7.11. The van der Waals surface area contributed by atoms with Gasteiger partial charge in [0.05, 0.1) is 25.2 Å². The normalized spacial score (nSPS) is 15.4. The van der Waals surface area contributed by atoms with Gasteiger partial charge in [0.2, 0.25) is 0 Å². The lowest BCUT2D eigenvalue weighted by Crippen LogP contribution is -2.27. The Morgan fingerprint density at radius 1 is 1.14 bits per heavy atom. The molecular formula is C21H20FNO4S. The minimum absolute atomic E-state index is 0.0954. The van der Waals surface area contributed by atoms with Gasteiger partial charge >= 0.3 is 0 Å². The van der Waals surface area contributed by atoms with Gasteiger partial charge in [0.25, 0.3) is 11.1 Å². The molecule has 5 nitrogen and oxygen atoms in total. The lowest BCUT2D eigenvalue weighted by atomic mass is 10.1. The Bertz CT molecular complexity index is 928. The van der Waals surface area contributed by atoms with Crippen LogP contribution in [0.3, 0.4) is 0 Å². The summed E-state index contributed by atoms with van der Waals surface area (Å²) < 4.78 is 24.8. The Hall–Kier alpha value is -2.80. The average Bonchev–Trinajstić information content (AvgIpc) is 2.95. The summed E-state index contributed by atoms with van der Waals surface area (Å²) in [6, 6.07) is 11.4. The van der Waals surface area contributed by atoms with Crippen molar-refractivity contribution in [2.75, 3.05) is 13.7 Å². The van der Waals surface area contributed by atoms with E-state index in [1.54, 1.807) is 49.6 Å². The number of halogens is 1. The smallest absolute Gasteiger partial charge is 0.293 e. The van der Waals surface area contributed by atoms with Crippen LogP contribution >= 0.6 is 11.8 Å². The highest BCUT2D eigenvalue weighted by atomic mass is 32.2. The number of hydrogen-bond donors (Lipinski definition) is 0. The summed E-state index contributed by atoms with van der Waals surface area (Å²) in [7, 11) is 1.54. The summed E-state index contributed by atoms with van der Waals surface area (Å²) in [5, 5.41) is -0.422. The summed E-state index contributed by atoms with van der Waals surface area (Å²) in [6.07, 6.45) is 2.50. The largest absolute Gasteiger partial charge is 0.493 e. The van der Waals surface area contributed by atoms with Gasteiger partial charge in [-0.05, 0) is 48.0 Å². The molecule has 7 heteroatoms. The standard InChI is InChI=1S/C21H20FNO4S/c1-3-10-27-17-9-8-14(11-18(17)26-2)12-19-20(24)23(21(25)28-19)13-15-6-4-5-7-16(15)22/h4-9,11-12H,3,10,13H2,1-2H3/b19-12-. The third kappa shape index (κ3) is 4.36. The molecule has 0 N–H and O–H groups in total. The van der Waals surface area contributed by atoms with Crippen molar-refractivity contribution in [1.29, 1.82) is 0 Å². The van der Waals surface area contributed by atoms with Gasteiger partial charge in [-0.2, -0.15) is 0 Å². The Kier molecular flexibility index (Phi) is 6.36. The van der Waals surface area contributed by atoms with E-state index in [0.29, 0.717) is 29.2 Å². The first-order chi connectivity index (χ1) is 13.5. The van der Waals surface area contributed by atoms with Crippen LogP contribution in [-0.2, 0) is 11.3 Å². The highest BCUT2D eigenvalue weighted by Gasteiger charge is 2.35. The molecule has 3 rings (SSSR count). The highest BCUT2D eigenvalue weighted by molar-refractivity contribution is 8.18. The Labute approximate surface area is 167 Å². The molecule has 0 unspecified atom stereocenters. The van der Waals surface area contributed by atoms with Crippen molar-refractivity contribution < 1.29 is 23.5 Å². The zero-order valence-electron chi connectivity index (χ0n) is 15.6. The van der Waals surface area contributed by atoms with E-state index >= 15 is 0 Å². The Morgan fingerprint density at radius 2 is 1.93 bits per heavy atom. The lowest BCUT2D eigenvalue weighted by molar-refractivity contribution is -0.123. The predicted octanol–water partition coefficient (Wildman–Crippen LogP) is 4.86. The number of benzene rings is 2. The number of amides is 2. The molecular weight excluding hydrogens is 381 g/mol. The van der Waals surface area contributed by atoms with Crippen LogP contribution in [0.1, 0.15) is 24.5 Å². The van der Waals surface area contributed by atoms with Crippen LogP contribution in [-0.4, -0.2) is 29.8 Å². The lowest BCUT2D eigenvalue weighted by Gasteiger charge is -2.13. The van der Waals surface area contributed by atoms with Crippen LogP contribution in [0, 0.1) is 5.82 Å². The van der Waals surface area contributed by atoms with Crippen LogP contribution in [0.5, 0.6) is 11.5 Å². The third-order valence-electron chi connectivity index (χ3n) is 4.11. The van der Waals surface area contributed by atoms with E-state index in [0.717, 1.165) is 23.1 Å². The molecule has 1 aliphatic rings. The van der Waals surface area contributed by atoms with Crippen molar-refractivity contribution in [3.63, 3.8) is 0 Å². The molecule has 0 bridgehead atoms. The topological polar surface area (TPSA) is 55.8 Å². The summed E-state index contributed by atoms with van der Waals surface area (Å²) >= 11 is 0.837. The highest BCUT2D eigenvalue weighted by Crippen LogP contribution is 2.35. The number of hydrogen-bond acceptors (Lipinski definition) is 5. The molecule has 1 aliphatic heterocycles. The Balaban J connectivity index is 1.80. The van der Waals surface area contributed by atoms with Gasteiger partial charge in [-0.25, -0.2) is 4.39 Å². The van der Waals surface area contributed by atoms with E-state index in [9.17, 15) is 14.0 Å². The van der Waals surface area contributed by atoms with E-state index in [4.69, 9.17) is 9.47 Å². The van der Waals surface area contributed by atoms with Crippen LogP contribution in [0.15, 0.2) is 47.4 Å². The molecule has 1 fully saturated rings. The molecule has 0 aliphatic carbocycles. The Morgan fingerprint density at radius 3 is 2.64 bits per heavy atom. The van der Waals surface area contributed by atoms with Crippen molar-refractivity contribution >= 4 is 29.0 Å². The zero-order valence-corrected chi connectivity index (χ0v) is 16.4. The molecule has 2 aromatic carbocycles. The van der Waals surface area contributed by atoms with E-state index in [-0.39, 0.29) is 11.4 Å². The minimum atomic E-state index is -0.446. The quantitative estimate of drug-likeness (QED) is 0.620. The first-order valence-electron chi connectivity index (χ1n) is 8.83. The average molecular weight is 401 g/mol. The fourth-order valence-electron chi connectivity index (χ4n) is 2.69. The monoisotopic (exact) mass is 401 g/mol. The van der Waals surface area contributed by atoms with Gasteiger partial charge in [-0.15, -0.1) is 0 Å². The maximum Gasteiger partial charge on any atom is 0.293 e. The number of thioether (sulfide) groups is 1. The third-order valence-corrected chi connectivity index (χ3v) is 5.01. The van der Waals surface area contributed by atoms with Crippen molar-refractivity contribution in [3.05, 3.63) is 64.3 Å². The van der Waals surface area contributed by atoms with Crippen LogP contribution < -0.4 is 9.47 Å². The van der Waals surface area contributed by atoms with Gasteiger partial charge in [-0.1, -0.05) is 31.2 Å². The van der Waals surface area contributed by atoms with E-state index in [1.807, 2.05) is 6.92 Å². The summed E-state index contributed by atoms with van der Waals surface area (Å²) in [4.78, 5) is 26.2. The fraction of sp³-hybridized carbons (Fsp3) is 0.238. The number of nitrogens with zero attached hydrogens (tertiary/aromatic N) is 1. The SMILES string of the molecule is CCCOc1ccc(/C=C2\SC(=O)N(Cc3ccccc3F)C2=O)cc1OC. The van der Waals surface area contributed by atoms with Gasteiger partial charge in [0.1, 0.15) is 5.82 Å². The molecule has 0 saturated carbocycles. The second kappa shape index (κ2) is 8.93. The van der Waals surface area contributed by atoms with Gasteiger partial charge in [-0.3, -0.25) is 14.5 Å². The molecule has 0 spiro atoms. The van der Waals surface area contributed by atoms with E-state index in [1.165, 1.54) is 6.07 Å². The molecule has 2 amide bonds. The number of carbonyl (C=O) groups is 2. The van der Waals surface area contributed by atoms with E-state index < -0.39 is 17.0 Å². The first kappa shape index (κ1) is 19.9. The maximum absolute atomic E-state index is 13.9. The van der Waals surface area contributed by atoms with Crippen LogP contribution in [0.2, 0.25) is 0 Å². The second-order valence-electron chi connectivity index (χ2n) is 6.12.